The summed E-state index contributed by atoms with van der Waals surface area (Å²) in [7, 11) is 0. The van der Waals surface area contributed by atoms with E-state index in [2.05, 4.69) is 6.58 Å². The highest BCUT2D eigenvalue weighted by Gasteiger charge is 2.60. The summed E-state index contributed by atoms with van der Waals surface area (Å²) in [5, 5.41) is 0. The van der Waals surface area contributed by atoms with E-state index in [1.807, 2.05) is 0 Å². The van der Waals surface area contributed by atoms with E-state index in [0.717, 1.165) is 0 Å². The molecule has 0 aliphatic carbocycles. The van der Waals surface area contributed by atoms with Crippen molar-refractivity contribution in [2.45, 2.75) is 33.3 Å². The van der Waals surface area contributed by atoms with Crippen LogP contribution < -0.4 is 0 Å². The van der Waals surface area contributed by atoms with Crippen LogP contribution in [0.1, 0.15) is 27.7 Å². The maximum absolute atomic E-state index is 11.5. The number of hydrogen-bond donors (Lipinski definition) is 0. The molecular weight excluding hydrogens is 196 g/mol. The third kappa shape index (κ3) is 1.24. The second kappa shape index (κ2) is 3.02. The fourth-order valence-corrected chi connectivity index (χ4v) is 1.71. The average molecular weight is 210 g/mol. The molecule has 0 amide bonds. The van der Waals surface area contributed by atoms with Gasteiger partial charge in [0.1, 0.15) is 0 Å². The summed E-state index contributed by atoms with van der Waals surface area (Å²) >= 11 is 0. The number of ketones is 2. The fraction of sp³-hybridized carbons (Fsp3) is 0.545. The van der Waals surface area contributed by atoms with Gasteiger partial charge in [0.2, 0.25) is 5.60 Å². The third-order valence-electron chi connectivity index (χ3n) is 2.93. The van der Waals surface area contributed by atoms with Crippen LogP contribution in [0.2, 0.25) is 0 Å². The minimum absolute atomic E-state index is 0.222. The van der Waals surface area contributed by atoms with Crippen LogP contribution in [-0.4, -0.2) is 23.1 Å². The summed E-state index contributed by atoms with van der Waals surface area (Å²) in [6.07, 6.45) is 0. The number of esters is 1. The van der Waals surface area contributed by atoms with Gasteiger partial charge in [0.25, 0.3) is 0 Å². The Morgan fingerprint density at radius 3 is 1.73 bits per heavy atom. The quantitative estimate of drug-likeness (QED) is 0.388. The van der Waals surface area contributed by atoms with E-state index < -0.39 is 28.6 Å². The molecule has 15 heavy (non-hydrogen) atoms. The number of Topliss-reactive ketones (excluding diaryl/α,β-unsaturated/α-hetero) is 2. The molecule has 0 aromatic heterocycles. The van der Waals surface area contributed by atoms with Crippen molar-refractivity contribution in [3.05, 3.63) is 12.2 Å². The SMILES string of the molecule is C=C1C(C)(C)C(=O)OC1(C(C)=O)C(C)=O. The summed E-state index contributed by atoms with van der Waals surface area (Å²) in [6.45, 7) is 9.29. The lowest BCUT2D eigenvalue weighted by Gasteiger charge is -2.24. The highest BCUT2D eigenvalue weighted by Crippen LogP contribution is 2.45. The number of rotatable bonds is 2. The Morgan fingerprint density at radius 1 is 1.20 bits per heavy atom. The number of hydrogen-bond acceptors (Lipinski definition) is 4. The van der Waals surface area contributed by atoms with Gasteiger partial charge < -0.3 is 4.74 Å². The molecule has 1 aliphatic rings. The van der Waals surface area contributed by atoms with Crippen molar-refractivity contribution in [3.8, 4) is 0 Å². The van der Waals surface area contributed by atoms with E-state index in [4.69, 9.17) is 4.74 Å². The van der Waals surface area contributed by atoms with Crippen LogP contribution in [0.15, 0.2) is 12.2 Å². The van der Waals surface area contributed by atoms with Crippen molar-refractivity contribution >= 4 is 17.5 Å². The molecule has 0 saturated carbocycles. The van der Waals surface area contributed by atoms with Gasteiger partial charge in [-0.2, -0.15) is 0 Å². The molecular formula is C11H14O4. The predicted octanol–water partition coefficient (Wildman–Crippen LogP) is 1.04. The van der Waals surface area contributed by atoms with E-state index in [1.165, 1.54) is 13.8 Å². The van der Waals surface area contributed by atoms with Crippen molar-refractivity contribution in [3.63, 3.8) is 0 Å². The van der Waals surface area contributed by atoms with Gasteiger partial charge in [-0.3, -0.25) is 14.4 Å². The van der Waals surface area contributed by atoms with E-state index >= 15 is 0 Å². The molecule has 0 spiro atoms. The Bertz CT molecular complexity index is 362. The molecule has 4 heteroatoms. The Balaban J connectivity index is 3.39. The zero-order chi connectivity index (χ0) is 12.0. The monoisotopic (exact) mass is 210 g/mol. The Labute approximate surface area is 88.3 Å². The zero-order valence-electron chi connectivity index (χ0n) is 9.34. The lowest BCUT2D eigenvalue weighted by atomic mass is 9.75. The fourth-order valence-electron chi connectivity index (χ4n) is 1.71. The lowest BCUT2D eigenvalue weighted by molar-refractivity contribution is -0.163. The first kappa shape index (κ1) is 11.6. The topological polar surface area (TPSA) is 60.4 Å². The van der Waals surface area contributed by atoms with Crippen molar-refractivity contribution in [2.75, 3.05) is 0 Å². The zero-order valence-corrected chi connectivity index (χ0v) is 9.34. The van der Waals surface area contributed by atoms with Crippen LogP contribution in [0, 0.1) is 5.41 Å². The van der Waals surface area contributed by atoms with Gasteiger partial charge in [-0.15, -0.1) is 0 Å². The maximum atomic E-state index is 11.5. The minimum atomic E-state index is -1.76. The Kier molecular flexibility index (Phi) is 2.34. The highest BCUT2D eigenvalue weighted by atomic mass is 16.6. The van der Waals surface area contributed by atoms with E-state index in [0.29, 0.717) is 0 Å². The summed E-state index contributed by atoms with van der Waals surface area (Å²) < 4.78 is 4.96. The standard InChI is InChI=1S/C11H14O4/c1-6-10(4,5)9(14)15-11(6,7(2)12)8(3)13/h1H2,2-5H3. The predicted molar refractivity (Wildman–Crippen MR) is 53.1 cm³/mol. The first-order valence-corrected chi connectivity index (χ1v) is 4.62. The molecule has 1 aliphatic heterocycles. The summed E-state index contributed by atoms with van der Waals surface area (Å²) in [5.41, 5.74) is -2.53. The minimum Gasteiger partial charge on any atom is -0.438 e. The summed E-state index contributed by atoms with van der Waals surface area (Å²) in [4.78, 5) is 34.5. The van der Waals surface area contributed by atoms with Crippen LogP contribution >= 0.6 is 0 Å². The van der Waals surface area contributed by atoms with Crippen molar-refractivity contribution < 1.29 is 19.1 Å². The van der Waals surface area contributed by atoms with Gasteiger partial charge in [0, 0.05) is 0 Å². The highest BCUT2D eigenvalue weighted by molar-refractivity contribution is 6.16. The van der Waals surface area contributed by atoms with Crippen molar-refractivity contribution in [2.24, 2.45) is 5.41 Å². The number of cyclic esters (lactones) is 1. The molecule has 0 aromatic rings. The number of carbonyl (C=O) groups is 3. The average Bonchev–Trinajstić information content (AvgIpc) is 2.27. The molecule has 1 heterocycles. The molecule has 1 rings (SSSR count). The Hall–Kier alpha value is -1.45. The first-order chi connectivity index (χ1) is 6.67. The van der Waals surface area contributed by atoms with E-state index in [9.17, 15) is 14.4 Å². The third-order valence-corrected chi connectivity index (χ3v) is 2.93. The van der Waals surface area contributed by atoms with Gasteiger partial charge >= 0.3 is 5.97 Å². The molecule has 0 radical (unpaired) electrons. The second-order valence-electron chi connectivity index (χ2n) is 4.29. The van der Waals surface area contributed by atoms with Crippen LogP contribution in [-0.2, 0) is 19.1 Å². The van der Waals surface area contributed by atoms with Gasteiger partial charge in [-0.25, -0.2) is 0 Å². The van der Waals surface area contributed by atoms with Gasteiger partial charge in [0.15, 0.2) is 11.6 Å². The van der Waals surface area contributed by atoms with E-state index in [-0.39, 0.29) is 5.57 Å². The molecule has 0 aromatic carbocycles. The first-order valence-electron chi connectivity index (χ1n) is 4.62. The van der Waals surface area contributed by atoms with Crippen LogP contribution in [0.5, 0.6) is 0 Å². The molecule has 4 nitrogen and oxygen atoms in total. The normalized spacial score (nSPS) is 22.4. The van der Waals surface area contributed by atoms with Crippen LogP contribution in [0.4, 0.5) is 0 Å². The molecule has 82 valence electrons. The lowest BCUT2D eigenvalue weighted by Crippen LogP contribution is -2.45. The van der Waals surface area contributed by atoms with E-state index in [1.54, 1.807) is 13.8 Å². The summed E-state index contributed by atoms with van der Waals surface area (Å²) in [6, 6.07) is 0. The van der Waals surface area contributed by atoms with Crippen molar-refractivity contribution in [1.29, 1.82) is 0 Å². The Morgan fingerprint density at radius 2 is 1.60 bits per heavy atom. The largest absolute Gasteiger partial charge is 0.438 e. The molecule has 0 unspecified atom stereocenters. The molecule has 1 fully saturated rings. The van der Waals surface area contributed by atoms with Crippen LogP contribution in [0.3, 0.4) is 0 Å². The molecule has 0 atom stereocenters. The van der Waals surface area contributed by atoms with Gasteiger partial charge in [-0.05, 0) is 33.3 Å². The van der Waals surface area contributed by atoms with Gasteiger partial charge in [-0.1, -0.05) is 6.58 Å². The number of ether oxygens (including phenoxy) is 1. The number of carbonyl (C=O) groups excluding carboxylic acids is 3. The van der Waals surface area contributed by atoms with Gasteiger partial charge in [0.05, 0.1) is 5.41 Å². The molecule has 0 bridgehead atoms. The van der Waals surface area contributed by atoms with Crippen LogP contribution in [0.25, 0.3) is 0 Å². The molecule has 0 N–H and O–H groups in total. The summed E-state index contributed by atoms with van der Waals surface area (Å²) in [5.74, 6) is -1.59. The van der Waals surface area contributed by atoms with Crippen molar-refractivity contribution in [1.82, 2.24) is 0 Å². The smallest absolute Gasteiger partial charge is 0.317 e. The second-order valence-corrected chi connectivity index (χ2v) is 4.29. The maximum Gasteiger partial charge on any atom is 0.317 e. The molecule has 1 saturated heterocycles.